The predicted octanol–water partition coefficient (Wildman–Crippen LogP) is 5.59. The van der Waals surface area contributed by atoms with Crippen LogP contribution in [0.15, 0.2) is 77.2 Å². The summed E-state index contributed by atoms with van der Waals surface area (Å²) in [6.45, 7) is 4.19. The van der Waals surface area contributed by atoms with Gasteiger partial charge in [-0.25, -0.2) is 14.6 Å². The van der Waals surface area contributed by atoms with Gasteiger partial charge in [-0.1, -0.05) is 30.3 Å². The second-order valence-corrected chi connectivity index (χ2v) is 10.3. The maximum Gasteiger partial charge on any atom is 0.267 e. The Balaban J connectivity index is 1.47. The summed E-state index contributed by atoms with van der Waals surface area (Å²) in [4.78, 5) is 27.5. The van der Waals surface area contributed by atoms with E-state index in [1.165, 1.54) is 11.3 Å². The van der Waals surface area contributed by atoms with Gasteiger partial charge >= 0.3 is 0 Å². The van der Waals surface area contributed by atoms with Crippen molar-refractivity contribution in [2.75, 3.05) is 5.73 Å². The number of rotatable bonds is 4. The Bertz CT molecular complexity index is 2080. The molecule has 7 rings (SSSR count). The molecule has 5 aromatic heterocycles. The third-order valence-electron chi connectivity index (χ3n) is 7.00. The smallest absolute Gasteiger partial charge is 0.267 e. The van der Waals surface area contributed by atoms with Gasteiger partial charge in [-0.15, -0.1) is 11.3 Å². The van der Waals surface area contributed by atoms with Crippen LogP contribution < -0.4 is 11.3 Å². The van der Waals surface area contributed by atoms with E-state index in [4.69, 9.17) is 15.8 Å². The lowest BCUT2D eigenvalue weighted by Crippen LogP contribution is -2.26. The molecular formula is C29H23N7OS. The van der Waals surface area contributed by atoms with Gasteiger partial charge in [-0.2, -0.15) is 5.10 Å². The number of fused-ring (bicyclic) bond motifs is 3. The van der Waals surface area contributed by atoms with Crippen molar-refractivity contribution in [1.82, 2.24) is 29.3 Å². The van der Waals surface area contributed by atoms with Gasteiger partial charge in [0.15, 0.2) is 5.65 Å². The van der Waals surface area contributed by atoms with Crippen LogP contribution in [-0.2, 0) is 6.54 Å². The van der Waals surface area contributed by atoms with Crippen molar-refractivity contribution in [2.24, 2.45) is 0 Å². The first kappa shape index (κ1) is 22.4. The molecular weight excluding hydrogens is 494 g/mol. The van der Waals surface area contributed by atoms with Crippen LogP contribution in [0, 0.1) is 13.8 Å². The molecule has 0 aliphatic rings. The first-order valence-electron chi connectivity index (χ1n) is 12.2. The number of H-pyrrole nitrogens is 1. The summed E-state index contributed by atoms with van der Waals surface area (Å²) in [5, 5.41) is 9.51. The second kappa shape index (κ2) is 8.39. The minimum absolute atomic E-state index is 0.0839. The molecule has 186 valence electrons. The highest BCUT2D eigenvalue weighted by molar-refractivity contribution is 7.16. The van der Waals surface area contributed by atoms with Crippen LogP contribution in [-0.4, -0.2) is 29.3 Å². The largest absolute Gasteiger partial charge is 0.398 e. The number of hydrogen-bond acceptors (Lipinski definition) is 6. The van der Waals surface area contributed by atoms with Crippen LogP contribution in [0.3, 0.4) is 0 Å². The Hall–Kier alpha value is -4.76. The standard InChI is InChI=1S/C29H23N7OS/c1-16-5-3-4-6-22(16)36-23(33-28-24(29(36)37)17(2)15-38-28)14-35-27-25(20(30)10-12-32-27)26(34-35)19-8-7-18-9-11-31-21(18)13-19/h3-13,15,31H,14H2,1-2H3,(H2,30,32). The summed E-state index contributed by atoms with van der Waals surface area (Å²) in [7, 11) is 0. The predicted molar refractivity (Wildman–Crippen MR) is 153 cm³/mol. The van der Waals surface area contributed by atoms with Crippen LogP contribution in [0.2, 0.25) is 0 Å². The summed E-state index contributed by atoms with van der Waals surface area (Å²) in [5.74, 6) is 0.582. The lowest BCUT2D eigenvalue weighted by molar-refractivity contribution is 0.651. The highest BCUT2D eigenvalue weighted by Gasteiger charge is 2.21. The van der Waals surface area contributed by atoms with Crippen LogP contribution in [0.25, 0.3) is 49.1 Å². The summed E-state index contributed by atoms with van der Waals surface area (Å²) in [6, 6.07) is 17.8. The minimum Gasteiger partial charge on any atom is -0.398 e. The molecule has 0 spiro atoms. The topological polar surface area (TPSA) is 107 Å². The lowest BCUT2D eigenvalue weighted by Gasteiger charge is -2.15. The molecule has 3 N–H and O–H groups in total. The molecule has 0 aliphatic heterocycles. The van der Waals surface area contributed by atoms with E-state index >= 15 is 0 Å². The number of nitrogens with two attached hydrogens (primary N) is 1. The van der Waals surface area contributed by atoms with E-state index in [-0.39, 0.29) is 12.1 Å². The number of nitrogens with zero attached hydrogens (tertiary/aromatic N) is 5. The zero-order valence-corrected chi connectivity index (χ0v) is 21.6. The Morgan fingerprint density at radius 1 is 1.03 bits per heavy atom. The van der Waals surface area contributed by atoms with E-state index in [1.807, 2.05) is 61.8 Å². The van der Waals surface area contributed by atoms with Gasteiger partial charge in [0.05, 0.1) is 16.5 Å². The number of nitrogen functional groups attached to an aromatic ring is 1. The van der Waals surface area contributed by atoms with Crippen molar-refractivity contribution >= 4 is 49.2 Å². The highest BCUT2D eigenvalue weighted by Crippen LogP contribution is 2.33. The monoisotopic (exact) mass is 517 g/mol. The lowest BCUT2D eigenvalue weighted by atomic mass is 10.1. The van der Waals surface area contributed by atoms with Gasteiger partial charge in [-0.05, 0) is 60.0 Å². The van der Waals surface area contributed by atoms with Gasteiger partial charge in [0.1, 0.15) is 22.9 Å². The molecule has 0 unspecified atom stereocenters. The SMILES string of the molecule is Cc1ccccc1-n1c(Cn2nc(-c3ccc4cc[nH]c4c3)c3c(N)ccnc32)nc2scc(C)c2c1=O. The minimum atomic E-state index is -0.0839. The number of hydrogen-bond donors (Lipinski definition) is 2. The van der Waals surface area contributed by atoms with Crippen LogP contribution in [0.4, 0.5) is 5.69 Å². The molecule has 0 saturated heterocycles. The van der Waals surface area contributed by atoms with Gasteiger partial charge in [-0.3, -0.25) is 9.36 Å². The number of aryl methyl sites for hydroxylation is 2. The van der Waals surface area contributed by atoms with Crippen molar-refractivity contribution in [1.29, 1.82) is 0 Å². The van der Waals surface area contributed by atoms with E-state index in [0.29, 0.717) is 27.4 Å². The van der Waals surface area contributed by atoms with Crippen molar-refractivity contribution in [2.45, 2.75) is 20.4 Å². The molecule has 0 saturated carbocycles. The van der Waals surface area contributed by atoms with Crippen LogP contribution in [0.5, 0.6) is 0 Å². The Labute approximate surface area is 221 Å². The number of nitrogens with one attached hydrogen (secondary N) is 1. The molecule has 8 nitrogen and oxygen atoms in total. The van der Waals surface area contributed by atoms with Gasteiger partial charge < -0.3 is 10.7 Å². The third kappa shape index (κ3) is 3.36. The van der Waals surface area contributed by atoms with E-state index in [9.17, 15) is 4.79 Å². The zero-order chi connectivity index (χ0) is 26.0. The molecule has 0 bridgehead atoms. The fraction of sp³-hybridized carbons (Fsp3) is 0.103. The molecule has 0 amide bonds. The number of pyridine rings is 1. The molecule has 0 atom stereocenters. The molecule has 0 fully saturated rings. The summed E-state index contributed by atoms with van der Waals surface area (Å²) in [6.07, 6.45) is 3.60. The Kier molecular flexibility index (Phi) is 4.95. The average molecular weight is 518 g/mol. The van der Waals surface area contributed by atoms with E-state index in [0.717, 1.165) is 44.4 Å². The zero-order valence-electron chi connectivity index (χ0n) is 20.8. The van der Waals surface area contributed by atoms with Crippen LogP contribution in [0.1, 0.15) is 17.0 Å². The van der Waals surface area contributed by atoms with Crippen molar-refractivity contribution in [3.8, 4) is 16.9 Å². The normalized spacial score (nSPS) is 11.7. The number of thiophene rings is 1. The van der Waals surface area contributed by atoms with E-state index < -0.39 is 0 Å². The molecule has 9 heteroatoms. The third-order valence-corrected chi connectivity index (χ3v) is 7.99. The molecule has 5 heterocycles. The fourth-order valence-electron chi connectivity index (χ4n) is 5.10. The summed E-state index contributed by atoms with van der Waals surface area (Å²) >= 11 is 1.48. The molecule has 2 aromatic carbocycles. The molecule has 38 heavy (non-hydrogen) atoms. The average Bonchev–Trinajstić information content (AvgIpc) is 3.63. The Morgan fingerprint density at radius 3 is 2.76 bits per heavy atom. The fourth-order valence-corrected chi connectivity index (χ4v) is 6.03. The number of aromatic nitrogens is 6. The van der Waals surface area contributed by atoms with Gasteiger partial charge in [0.2, 0.25) is 0 Å². The van der Waals surface area contributed by atoms with E-state index in [2.05, 4.69) is 22.1 Å². The second-order valence-electron chi connectivity index (χ2n) is 9.44. The first-order valence-corrected chi connectivity index (χ1v) is 13.1. The number of anilines is 1. The number of para-hydroxylation sites is 1. The quantitative estimate of drug-likeness (QED) is 0.317. The maximum atomic E-state index is 13.9. The van der Waals surface area contributed by atoms with Crippen LogP contribution >= 0.6 is 11.3 Å². The van der Waals surface area contributed by atoms with Gasteiger partial charge in [0, 0.05) is 29.2 Å². The van der Waals surface area contributed by atoms with E-state index in [1.54, 1.807) is 21.5 Å². The first-order chi connectivity index (χ1) is 18.5. The summed E-state index contributed by atoms with van der Waals surface area (Å²) in [5.41, 5.74) is 13.0. The maximum absolute atomic E-state index is 13.9. The van der Waals surface area contributed by atoms with Crippen molar-refractivity contribution in [3.63, 3.8) is 0 Å². The molecule has 7 aromatic rings. The molecule has 0 aliphatic carbocycles. The summed E-state index contributed by atoms with van der Waals surface area (Å²) < 4.78 is 3.50. The van der Waals surface area contributed by atoms with Crippen molar-refractivity contribution < 1.29 is 0 Å². The van der Waals surface area contributed by atoms with Gasteiger partial charge in [0.25, 0.3) is 5.56 Å². The number of aromatic amines is 1. The number of benzene rings is 2. The highest BCUT2D eigenvalue weighted by atomic mass is 32.1. The van der Waals surface area contributed by atoms with Crippen molar-refractivity contribution in [3.05, 3.63) is 99.7 Å². The Morgan fingerprint density at radius 2 is 1.89 bits per heavy atom. The molecule has 0 radical (unpaired) electrons.